The number of amides is 2. The van der Waals surface area contributed by atoms with Gasteiger partial charge in [-0.15, -0.1) is 0 Å². The summed E-state index contributed by atoms with van der Waals surface area (Å²) in [7, 11) is 0. The number of hydrogen-bond acceptors (Lipinski definition) is 2. The topological polar surface area (TPSA) is 74.0 Å². The molecule has 0 unspecified atom stereocenters. The van der Waals surface area contributed by atoms with Gasteiger partial charge in [-0.05, 0) is 36.4 Å². The van der Waals surface area contributed by atoms with E-state index in [1.54, 1.807) is 0 Å². The average molecular weight is 350 g/mol. The van der Waals surface area contributed by atoms with Crippen LogP contribution in [0.5, 0.6) is 0 Å². The number of aromatic amines is 1. The van der Waals surface area contributed by atoms with Crippen LogP contribution < -0.4 is 16.1 Å². The lowest BCUT2D eigenvalue weighted by Crippen LogP contribution is -2.21. The number of carbonyl (C=O) groups is 1. The monoisotopic (exact) mass is 349 g/mol. The Kier molecular flexibility index (Phi) is 4.18. The van der Waals surface area contributed by atoms with E-state index in [2.05, 4.69) is 15.6 Å². The van der Waals surface area contributed by atoms with E-state index >= 15 is 0 Å². The highest BCUT2D eigenvalue weighted by molar-refractivity contribution is 6.33. The number of anilines is 2. The van der Waals surface area contributed by atoms with Gasteiger partial charge >= 0.3 is 6.03 Å². The number of nitrogens with one attached hydrogen (secondary N) is 3. The van der Waals surface area contributed by atoms with Crippen molar-refractivity contribution in [3.63, 3.8) is 0 Å². The molecule has 2 amide bonds. The number of rotatable bonds is 2. The molecular formula is C16H10ClF2N3O2. The third-order valence-electron chi connectivity index (χ3n) is 3.22. The first-order chi connectivity index (χ1) is 11.4. The SMILES string of the molecule is O=C(Nc1cc(=O)c2cc(F)ccc2[nH]1)Nc1ccc(F)cc1Cl. The van der Waals surface area contributed by atoms with Crippen LogP contribution in [0.25, 0.3) is 10.9 Å². The first kappa shape index (κ1) is 15.9. The summed E-state index contributed by atoms with van der Waals surface area (Å²) in [5.74, 6) is -0.940. The largest absolute Gasteiger partial charge is 0.341 e. The summed E-state index contributed by atoms with van der Waals surface area (Å²) >= 11 is 5.82. The van der Waals surface area contributed by atoms with Crippen molar-refractivity contribution in [1.82, 2.24) is 4.98 Å². The minimum Gasteiger partial charge on any atom is -0.341 e. The van der Waals surface area contributed by atoms with E-state index in [0.29, 0.717) is 5.52 Å². The summed E-state index contributed by atoms with van der Waals surface area (Å²) in [6.45, 7) is 0. The van der Waals surface area contributed by atoms with Gasteiger partial charge in [0.25, 0.3) is 0 Å². The number of benzene rings is 2. The van der Waals surface area contributed by atoms with Crippen LogP contribution in [-0.4, -0.2) is 11.0 Å². The summed E-state index contributed by atoms with van der Waals surface area (Å²) in [4.78, 5) is 26.7. The highest BCUT2D eigenvalue weighted by atomic mass is 35.5. The molecule has 0 aliphatic rings. The van der Waals surface area contributed by atoms with Crippen LogP contribution in [-0.2, 0) is 0 Å². The number of pyridine rings is 1. The fourth-order valence-corrected chi connectivity index (χ4v) is 2.37. The minimum atomic E-state index is -0.680. The summed E-state index contributed by atoms with van der Waals surface area (Å²) < 4.78 is 26.1. The molecule has 0 aliphatic carbocycles. The van der Waals surface area contributed by atoms with Gasteiger partial charge in [-0.1, -0.05) is 11.6 Å². The van der Waals surface area contributed by atoms with Gasteiger partial charge in [-0.2, -0.15) is 0 Å². The fourth-order valence-electron chi connectivity index (χ4n) is 2.15. The molecule has 2 aromatic carbocycles. The van der Waals surface area contributed by atoms with Crippen LogP contribution in [0.4, 0.5) is 25.1 Å². The van der Waals surface area contributed by atoms with E-state index in [1.165, 1.54) is 18.2 Å². The molecule has 0 fully saturated rings. The standard InChI is InChI=1S/C16H10ClF2N3O2/c17-11-6-9(19)2-4-13(11)21-16(24)22-15-7-14(23)10-5-8(18)1-3-12(10)20-15/h1-7H,(H3,20,21,22,23,24). The predicted octanol–water partition coefficient (Wildman–Crippen LogP) is 4.10. The maximum Gasteiger partial charge on any atom is 0.324 e. The lowest BCUT2D eigenvalue weighted by molar-refractivity contribution is 0.262. The van der Waals surface area contributed by atoms with E-state index in [-0.39, 0.29) is 21.9 Å². The Bertz CT molecular complexity index is 1000. The Morgan fingerprint density at radius 1 is 1.00 bits per heavy atom. The Labute approximate surface area is 139 Å². The molecule has 0 radical (unpaired) electrons. The molecule has 3 rings (SSSR count). The molecule has 0 bridgehead atoms. The van der Waals surface area contributed by atoms with Gasteiger partial charge in [0, 0.05) is 11.5 Å². The van der Waals surface area contributed by atoms with E-state index < -0.39 is 23.1 Å². The van der Waals surface area contributed by atoms with Crippen LogP contribution in [0.2, 0.25) is 5.02 Å². The Hall–Kier alpha value is -2.93. The van der Waals surface area contributed by atoms with Gasteiger partial charge in [0.2, 0.25) is 0 Å². The number of urea groups is 1. The molecule has 24 heavy (non-hydrogen) atoms. The molecule has 122 valence electrons. The van der Waals surface area contributed by atoms with Crippen LogP contribution in [0.15, 0.2) is 47.3 Å². The maximum atomic E-state index is 13.2. The molecule has 0 saturated carbocycles. The normalized spacial score (nSPS) is 10.6. The van der Waals surface area contributed by atoms with Crippen molar-refractivity contribution < 1.29 is 13.6 Å². The van der Waals surface area contributed by atoms with Crippen molar-refractivity contribution in [3.8, 4) is 0 Å². The molecular weight excluding hydrogens is 340 g/mol. The van der Waals surface area contributed by atoms with E-state index in [4.69, 9.17) is 11.6 Å². The van der Waals surface area contributed by atoms with Gasteiger partial charge in [0.15, 0.2) is 5.43 Å². The first-order valence-electron chi connectivity index (χ1n) is 6.78. The third-order valence-corrected chi connectivity index (χ3v) is 3.53. The Balaban J connectivity index is 1.83. The molecule has 0 atom stereocenters. The zero-order valence-corrected chi connectivity index (χ0v) is 12.7. The lowest BCUT2D eigenvalue weighted by atomic mass is 10.2. The second-order valence-electron chi connectivity index (χ2n) is 4.94. The van der Waals surface area contributed by atoms with Crippen LogP contribution >= 0.6 is 11.6 Å². The third kappa shape index (κ3) is 3.36. The van der Waals surface area contributed by atoms with Crippen LogP contribution in [0.1, 0.15) is 0 Å². The van der Waals surface area contributed by atoms with Crippen LogP contribution in [0, 0.1) is 11.6 Å². The Morgan fingerprint density at radius 3 is 2.46 bits per heavy atom. The molecule has 0 saturated heterocycles. The highest BCUT2D eigenvalue weighted by Crippen LogP contribution is 2.22. The highest BCUT2D eigenvalue weighted by Gasteiger charge is 2.09. The van der Waals surface area contributed by atoms with Crippen LogP contribution in [0.3, 0.4) is 0 Å². The second-order valence-corrected chi connectivity index (χ2v) is 5.35. The molecule has 0 spiro atoms. The molecule has 1 heterocycles. The van der Waals surface area contributed by atoms with Gasteiger partial charge in [0.05, 0.1) is 16.2 Å². The lowest BCUT2D eigenvalue weighted by Gasteiger charge is -2.10. The number of carbonyl (C=O) groups excluding carboxylic acids is 1. The maximum absolute atomic E-state index is 13.2. The molecule has 8 heteroatoms. The van der Waals surface area contributed by atoms with E-state index in [9.17, 15) is 18.4 Å². The number of H-pyrrole nitrogens is 1. The zero-order chi connectivity index (χ0) is 17.3. The molecule has 3 N–H and O–H groups in total. The number of aromatic nitrogens is 1. The average Bonchev–Trinajstić information content (AvgIpc) is 2.51. The summed E-state index contributed by atoms with van der Waals surface area (Å²) in [6, 6.07) is 7.66. The van der Waals surface area contributed by atoms with Crippen molar-refractivity contribution in [3.05, 3.63) is 69.3 Å². The van der Waals surface area contributed by atoms with Gasteiger partial charge < -0.3 is 10.3 Å². The van der Waals surface area contributed by atoms with E-state index in [1.807, 2.05) is 0 Å². The molecule has 1 aromatic heterocycles. The minimum absolute atomic E-state index is 0.0348. The quantitative estimate of drug-likeness (QED) is 0.651. The van der Waals surface area contributed by atoms with Gasteiger partial charge in [0.1, 0.15) is 17.5 Å². The fraction of sp³-hybridized carbons (Fsp3) is 0. The van der Waals surface area contributed by atoms with E-state index in [0.717, 1.165) is 24.3 Å². The first-order valence-corrected chi connectivity index (χ1v) is 7.16. The predicted molar refractivity (Wildman–Crippen MR) is 88.6 cm³/mol. The molecule has 5 nitrogen and oxygen atoms in total. The number of hydrogen-bond donors (Lipinski definition) is 3. The van der Waals surface area contributed by atoms with Crippen molar-refractivity contribution in [2.24, 2.45) is 0 Å². The summed E-state index contributed by atoms with van der Waals surface area (Å²) in [6.07, 6.45) is 0. The smallest absolute Gasteiger partial charge is 0.324 e. The summed E-state index contributed by atoms with van der Waals surface area (Å²) in [5.41, 5.74) is 0.137. The Morgan fingerprint density at radius 2 is 1.71 bits per heavy atom. The van der Waals surface area contributed by atoms with Gasteiger partial charge in [-0.3, -0.25) is 10.1 Å². The second kappa shape index (κ2) is 6.29. The number of halogens is 3. The van der Waals surface area contributed by atoms with Crippen molar-refractivity contribution >= 4 is 40.0 Å². The van der Waals surface area contributed by atoms with Crippen molar-refractivity contribution in [2.45, 2.75) is 0 Å². The molecule has 0 aliphatic heterocycles. The van der Waals surface area contributed by atoms with Crippen molar-refractivity contribution in [1.29, 1.82) is 0 Å². The van der Waals surface area contributed by atoms with Gasteiger partial charge in [-0.25, -0.2) is 13.6 Å². The number of fused-ring (bicyclic) bond motifs is 1. The van der Waals surface area contributed by atoms with Crippen molar-refractivity contribution in [2.75, 3.05) is 10.6 Å². The zero-order valence-electron chi connectivity index (χ0n) is 12.0. The molecule has 3 aromatic rings. The summed E-state index contributed by atoms with van der Waals surface area (Å²) in [5, 5.41) is 5.06.